The monoisotopic (exact) mass is 350 g/mol. The van der Waals surface area contributed by atoms with Crippen LogP contribution in [0.2, 0.25) is 0 Å². The highest BCUT2D eigenvalue weighted by atomic mass is 16.7. The van der Waals surface area contributed by atoms with Crippen LogP contribution in [0.5, 0.6) is 0 Å². The van der Waals surface area contributed by atoms with E-state index in [4.69, 9.17) is 9.47 Å². The molecule has 0 saturated carbocycles. The minimum Gasteiger partial charge on any atom is -0.394 e. The average Bonchev–Trinajstić information content (AvgIpc) is 2.57. The summed E-state index contributed by atoms with van der Waals surface area (Å²) in [5.74, 6) is 0. The third-order valence-electron chi connectivity index (χ3n) is 4.11. The molecular weight excluding hydrogens is 312 g/mol. The van der Waals surface area contributed by atoms with Crippen LogP contribution in [0.25, 0.3) is 0 Å². The second-order valence-corrected chi connectivity index (χ2v) is 6.47. The van der Waals surface area contributed by atoms with Crippen molar-refractivity contribution in [3.05, 3.63) is 0 Å². The van der Waals surface area contributed by atoms with Gasteiger partial charge in [0.1, 0.15) is 12.2 Å². The first-order valence-corrected chi connectivity index (χ1v) is 9.38. The molecule has 0 aliphatic rings. The molecule has 0 heterocycles. The van der Waals surface area contributed by atoms with Gasteiger partial charge >= 0.3 is 0 Å². The predicted molar refractivity (Wildman–Crippen MR) is 93.7 cm³/mol. The Morgan fingerprint density at radius 3 is 1.71 bits per heavy atom. The summed E-state index contributed by atoms with van der Waals surface area (Å²) in [6.07, 6.45) is 4.20. The van der Waals surface area contributed by atoms with Gasteiger partial charge in [-0.15, -0.1) is 0 Å². The van der Waals surface area contributed by atoms with E-state index in [2.05, 4.69) is 13.8 Å². The van der Waals surface area contributed by atoms with E-state index in [-0.39, 0.29) is 12.7 Å². The van der Waals surface area contributed by atoms with Gasteiger partial charge in [-0.25, -0.2) is 0 Å². The minimum absolute atomic E-state index is 0.0670. The quantitative estimate of drug-likeness (QED) is 0.251. The molecule has 0 spiro atoms. The Hall–Kier alpha value is -0.240. The lowest BCUT2D eigenvalue weighted by atomic mass is 10.0. The molecule has 0 bridgehead atoms. The van der Waals surface area contributed by atoms with E-state index >= 15 is 0 Å². The second-order valence-electron chi connectivity index (χ2n) is 6.47. The summed E-state index contributed by atoms with van der Waals surface area (Å²) in [6, 6.07) is 0. The Bertz CT molecular complexity index is 264. The van der Waals surface area contributed by atoms with E-state index in [0.717, 1.165) is 51.4 Å². The summed E-state index contributed by atoms with van der Waals surface area (Å²) in [6.45, 7) is 4.90. The molecule has 4 N–H and O–H groups in total. The minimum atomic E-state index is -1.21. The maximum absolute atomic E-state index is 9.97. The first kappa shape index (κ1) is 23.8. The molecule has 0 amide bonds. The maximum atomic E-state index is 9.97. The molecule has 0 rings (SSSR count). The van der Waals surface area contributed by atoms with Gasteiger partial charge in [0.05, 0.1) is 25.4 Å². The summed E-state index contributed by atoms with van der Waals surface area (Å²) < 4.78 is 11.4. The largest absolute Gasteiger partial charge is 0.394 e. The lowest BCUT2D eigenvalue weighted by molar-refractivity contribution is -0.257. The van der Waals surface area contributed by atoms with Crippen molar-refractivity contribution in [2.24, 2.45) is 0 Å². The lowest BCUT2D eigenvalue weighted by Gasteiger charge is -2.31. The zero-order chi connectivity index (χ0) is 18.4. The Kier molecular flexibility index (Phi) is 14.9. The van der Waals surface area contributed by atoms with Gasteiger partial charge in [0.2, 0.25) is 0 Å². The van der Waals surface area contributed by atoms with Crippen LogP contribution < -0.4 is 0 Å². The van der Waals surface area contributed by atoms with Gasteiger partial charge in [-0.3, -0.25) is 0 Å². The molecule has 6 heteroatoms. The van der Waals surface area contributed by atoms with Gasteiger partial charge in [0.15, 0.2) is 6.29 Å². The maximum Gasteiger partial charge on any atom is 0.186 e. The van der Waals surface area contributed by atoms with E-state index in [9.17, 15) is 20.4 Å². The zero-order valence-corrected chi connectivity index (χ0v) is 15.6. The molecule has 0 aromatic carbocycles. The number of unbranched alkanes of at least 4 members (excludes halogenated alkanes) is 4. The van der Waals surface area contributed by atoms with Crippen molar-refractivity contribution in [2.75, 3.05) is 13.2 Å². The molecule has 0 aromatic heterocycles. The van der Waals surface area contributed by atoms with Crippen molar-refractivity contribution in [3.8, 4) is 0 Å². The Morgan fingerprint density at radius 2 is 1.33 bits per heavy atom. The second kappa shape index (κ2) is 15.0. The van der Waals surface area contributed by atoms with Crippen LogP contribution in [-0.2, 0) is 9.47 Å². The highest BCUT2D eigenvalue weighted by Gasteiger charge is 2.28. The number of hydrogen-bond donors (Lipinski definition) is 4. The predicted octanol–water partition coefficient (Wildman–Crippen LogP) is 1.97. The molecule has 24 heavy (non-hydrogen) atoms. The van der Waals surface area contributed by atoms with E-state index in [1.54, 1.807) is 0 Å². The van der Waals surface area contributed by atoms with Crippen LogP contribution in [0.1, 0.15) is 72.1 Å². The zero-order valence-electron chi connectivity index (χ0n) is 15.6. The molecular formula is C18H38O6. The van der Waals surface area contributed by atoms with Gasteiger partial charge in [-0.05, 0) is 19.8 Å². The summed E-state index contributed by atoms with van der Waals surface area (Å²) in [4.78, 5) is 0. The number of hydrogen-bond acceptors (Lipinski definition) is 6. The smallest absolute Gasteiger partial charge is 0.186 e. The fourth-order valence-electron chi connectivity index (χ4n) is 2.50. The number of aliphatic hydroxyl groups excluding tert-OH is 4. The van der Waals surface area contributed by atoms with Gasteiger partial charge in [0.25, 0.3) is 0 Å². The summed E-state index contributed by atoms with van der Waals surface area (Å²) in [5, 5.41) is 38.1. The standard InChI is InChI=1S/C18H38O6/c1-4-6-8-10-15(11-9-7-5-2)23-18(16(22)12-19)24-17(13-20)14(3)21/h14-22H,4-13H2,1-3H3/t14-,16+,17?,18?/m0/s1. The van der Waals surface area contributed by atoms with Crippen molar-refractivity contribution < 1.29 is 29.9 Å². The molecule has 146 valence electrons. The van der Waals surface area contributed by atoms with Crippen LogP contribution in [0.15, 0.2) is 0 Å². The van der Waals surface area contributed by atoms with E-state index in [1.807, 2.05) is 0 Å². The molecule has 2 unspecified atom stereocenters. The highest BCUT2D eigenvalue weighted by Crippen LogP contribution is 2.19. The third kappa shape index (κ3) is 10.6. The van der Waals surface area contributed by atoms with Crippen LogP contribution in [0, 0.1) is 0 Å². The van der Waals surface area contributed by atoms with Crippen LogP contribution in [0.3, 0.4) is 0 Å². The first-order chi connectivity index (χ1) is 11.5. The normalized spacial score (nSPS) is 17.0. The average molecular weight is 350 g/mol. The molecule has 0 aliphatic heterocycles. The Labute approximate surface area is 146 Å². The SMILES string of the molecule is CCCCCC(CCCCC)OC(OC(CO)[C@H](C)O)[C@H](O)CO. The van der Waals surface area contributed by atoms with Crippen LogP contribution >= 0.6 is 0 Å². The van der Waals surface area contributed by atoms with Gasteiger partial charge in [0, 0.05) is 0 Å². The van der Waals surface area contributed by atoms with E-state index in [0.29, 0.717) is 0 Å². The molecule has 6 nitrogen and oxygen atoms in total. The number of rotatable bonds is 16. The van der Waals surface area contributed by atoms with Crippen molar-refractivity contribution in [2.45, 2.75) is 103 Å². The fourth-order valence-corrected chi connectivity index (χ4v) is 2.50. The highest BCUT2D eigenvalue weighted by molar-refractivity contribution is 4.70. The molecule has 0 fully saturated rings. The third-order valence-corrected chi connectivity index (χ3v) is 4.11. The van der Waals surface area contributed by atoms with Gasteiger partial charge in [-0.2, -0.15) is 0 Å². The lowest BCUT2D eigenvalue weighted by Crippen LogP contribution is -2.43. The van der Waals surface area contributed by atoms with Crippen molar-refractivity contribution in [1.29, 1.82) is 0 Å². The Morgan fingerprint density at radius 1 is 0.792 bits per heavy atom. The molecule has 0 aromatic rings. The molecule has 0 radical (unpaired) electrons. The van der Waals surface area contributed by atoms with E-state index in [1.165, 1.54) is 6.92 Å². The number of aliphatic hydroxyl groups is 4. The van der Waals surface area contributed by atoms with Crippen LogP contribution in [0.4, 0.5) is 0 Å². The molecule has 4 atom stereocenters. The van der Waals surface area contributed by atoms with Gasteiger partial charge < -0.3 is 29.9 Å². The summed E-state index contributed by atoms with van der Waals surface area (Å²) >= 11 is 0. The topological polar surface area (TPSA) is 99.4 Å². The van der Waals surface area contributed by atoms with E-state index < -0.39 is 31.2 Å². The van der Waals surface area contributed by atoms with Crippen molar-refractivity contribution in [1.82, 2.24) is 0 Å². The summed E-state index contributed by atoms with van der Waals surface area (Å²) in [5.41, 5.74) is 0. The summed E-state index contributed by atoms with van der Waals surface area (Å²) in [7, 11) is 0. The molecule has 0 saturated heterocycles. The molecule has 0 aliphatic carbocycles. The fraction of sp³-hybridized carbons (Fsp3) is 1.00. The Balaban J connectivity index is 4.77. The van der Waals surface area contributed by atoms with Gasteiger partial charge in [-0.1, -0.05) is 52.4 Å². The van der Waals surface area contributed by atoms with Crippen molar-refractivity contribution >= 4 is 0 Å². The first-order valence-electron chi connectivity index (χ1n) is 9.38. The van der Waals surface area contributed by atoms with Crippen LogP contribution in [-0.4, -0.2) is 64.3 Å². The van der Waals surface area contributed by atoms with Crippen molar-refractivity contribution in [3.63, 3.8) is 0 Å². The number of ether oxygens (including phenoxy) is 2.